The molecule has 0 amide bonds. The summed E-state index contributed by atoms with van der Waals surface area (Å²) in [5.41, 5.74) is 7.19. The third kappa shape index (κ3) is 3.99. The van der Waals surface area contributed by atoms with Gasteiger partial charge in [-0.25, -0.2) is 0 Å². The molecule has 1 aromatic rings. The highest BCUT2D eigenvalue weighted by molar-refractivity contribution is 9.10. The first-order chi connectivity index (χ1) is 10.2. The average molecular weight is 373 g/mol. The molecule has 1 unspecified atom stereocenters. The van der Waals surface area contributed by atoms with Gasteiger partial charge < -0.3 is 10.6 Å². The zero-order chi connectivity index (χ0) is 14.8. The van der Waals surface area contributed by atoms with E-state index >= 15 is 0 Å². The quantitative estimate of drug-likeness (QED) is 0.862. The minimum absolute atomic E-state index is 0.230. The van der Waals surface area contributed by atoms with E-state index in [2.05, 4.69) is 31.8 Å². The Morgan fingerprint density at radius 2 is 1.95 bits per heavy atom. The number of nitrogens with zero attached hydrogens (tertiary/aromatic N) is 2. The maximum Gasteiger partial charge on any atom is 0.0486 e. The summed E-state index contributed by atoms with van der Waals surface area (Å²) >= 11 is 9.87. The molecule has 0 bridgehead atoms. The van der Waals surface area contributed by atoms with E-state index in [0.29, 0.717) is 6.54 Å². The van der Waals surface area contributed by atoms with Gasteiger partial charge in [-0.15, -0.1) is 0 Å². The molecule has 3 rings (SSSR count). The van der Waals surface area contributed by atoms with Crippen LogP contribution in [0.3, 0.4) is 0 Å². The zero-order valence-corrected chi connectivity index (χ0v) is 14.6. The molecule has 0 aromatic heterocycles. The number of rotatable bonds is 5. The van der Waals surface area contributed by atoms with E-state index in [1.54, 1.807) is 0 Å². The summed E-state index contributed by atoms with van der Waals surface area (Å²) in [6, 6.07) is 6.34. The topological polar surface area (TPSA) is 32.5 Å². The Morgan fingerprint density at radius 3 is 2.52 bits per heavy atom. The molecule has 1 saturated heterocycles. The van der Waals surface area contributed by atoms with Crippen molar-refractivity contribution in [2.45, 2.75) is 18.9 Å². The van der Waals surface area contributed by atoms with Crippen LogP contribution < -0.4 is 5.73 Å². The summed E-state index contributed by atoms with van der Waals surface area (Å²) in [7, 11) is 0. The average Bonchev–Trinajstić information content (AvgIpc) is 3.27. The molecule has 2 N–H and O–H groups in total. The molecule has 1 aromatic carbocycles. The largest absolute Gasteiger partial charge is 0.329 e. The molecule has 2 fully saturated rings. The van der Waals surface area contributed by atoms with Crippen LogP contribution in [-0.2, 0) is 0 Å². The van der Waals surface area contributed by atoms with Crippen LogP contribution in [-0.4, -0.2) is 49.1 Å². The van der Waals surface area contributed by atoms with Crippen molar-refractivity contribution in [3.05, 3.63) is 33.3 Å². The Balaban J connectivity index is 1.63. The highest BCUT2D eigenvalue weighted by atomic mass is 79.9. The van der Waals surface area contributed by atoms with E-state index in [1.165, 1.54) is 19.4 Å². The molecule has 2 aliphatic rings. The Hall–Kier alpha value is -0.130. The smallest absolute Gasteiger partial charge is 0.0486 e. The second-order valence-electron chi connectivity index (χ2n) is 6.20. The molecule has 0 radical (unpaired) electrons. The van der Waals surface area contributed by atoms with Crippen molar-refractivity contribution < 1.29 is 0 Å². The van der Waals surface area contributed by atoms with Crippen LogP contribution in [0.5, 0.6) is 0 Å². The van der Waals surface area contributed by atoms with E-state index < -0.39 is 0 Å². The summed E-state index contributed by atoms with van der Waals surface area (Å²) in [5.74, 6) is 0.975. The second kappa shape index (κ2) is 6.97. The first-order valence-corrected chi connectivity index (χ1v) is 8.96. The van der Waals surface area contributed by atoms with Crippen LogP contribution in [0.25, 0.3) is 0 Å². The SMILES string of the molecule is NCC(c1ccc(Br)cc1Cl)N1CCN(CC2CC2)CC1. The number of piperazine rings is 1. The lowest BCUT2D eigenvalue weighted by molar-refractivity contribution is 0.0956. The summed E-state index contributed by atoms with van der Waals surface area (Å²) in [6.07, 6.45) is 2.86. The Labute approximate surface area is 140 Å². The number of halogens is 2. The number of hydrogen-bond donors (Lipinski definition) is 1. The summed E-state index contributed by atoms with van der Waals surface area (Å²) in [4.78, 5) is 5.09. The molecule has 5 heteroatoms. The standard InChI is InChI=1S/C16H23BrClN3/c17-13-3-4-14(15(18)9-13)16(10-19)21-7-5-20(6-8-21)11-12-1-2-12/h3-4,9,12,16H,1-2,5-8,10-11,19H2. The summed E-state index contributed by atoms with van der Waals surface area (Å²) in [5, 5.41) is 0.806. The molecule has 116 valence electrons. The Morgan fingerprint density at radius 1 is 1.24 bits per heavy atom. The molecule has 1 atom stereocenters. The molecule has 21 heavy (non-hydrogen) atoms. The van der Waals surface area contributed by atoms with Gasteiger partial charge in [-0.2, -0.15) is 0 Å². The molecule has 1 heterocycles. The van der Waals surface area contributed by atoms with E-state index in [4.69, 9.17) is 17.3 Å². The van der Waals surface area contributed by atoms with Crippen LogP contribution in [0.4, 0.5) is 0 Å². The zero-order valence-electron chi connectivity index (χ0n) is 12.3. The minimum atomic E-state index is 0.230. The summed E-state index contributed by atoms with van der Waals surface area (Å²) in [6.45, 7) is 6.38. The van der Waals surface area contributed by atoms with Crippen LogP contribution >= 0.6 is 27.5 Å². The van der Waals surface area contributed by atoms with Gasteiger partial charge in [0.1, 0.15) is 0 Å². The molecule has 1 saturated carbocycles. The lowest BCUT2D eigenvalue weighted by Gasteiger charge is -2.39. The van der Waals surface area contributed by atoms with Gasteiger partial charge in [-0.3, -0.25) is 4.90 Å². The van der Waals surface area contributed by atoms with Crippen molar-refractivity contribution >= 4 is 27.5 Å². The van der Waals surface area contributed by atoms with Crippen molar-refractivity contribution in [2.75, 3.05) is 39.3 Å². The molecule has 3 nitrogen and oxygen atoms in total. The first kappa shape index (κ1) is 15.8. The van der Waals surface area contributed by atoms with Crippen LogP contribution in [0.15, 0.2) is 22.7 Å². The minimum Gasteiger partial charge on any atom is -0.329 e. The number of hydrogen-bond acceptors (Lipinski definition) is 3. The first-order valence-electron chi connectivity index (χ1n) is 7.79. The third-order valence-corrected chi connectivity index (χ3v) is 5.43. The predicted molar refractivity (Wildman–Crippen MR) is 91.7 cm³/mol. The maximum absolute atomic E-state index is 6.41. The predicted octanol–water partition coefficient (Wildman–Crippen LogP) is 3.13. The van der Waals surface area contributed by atoms with Crippen molar-refractivity contribution in [1.82, 2.24) is 9.80 Å². The Bertz CT molecular complexity index is 484. The second-order valence-corrected chi connectivity index (χ2v) is 7.52. The van der Waals surface area contributed by atoms with Crippen molar-refractivity contribution in [3.8, 4) is 0 Å². The lowest BCUT2D eigenvalue weighted by Crippen LogP contribution is -2.49. The van der Waals surface area contributed by atoms with Gasteiger partial charge in [-0.1, -0.05) is 33.6 Å². The van der Waals surface area contributed by atoms with Gasteiger partial charge >= 0.3 is 0 Å². The van der Waals surface area contributed by atoms with Gasteiger partial charge in [0, 0.05) is 54.8 Å². The fraction of sp³-hybridized carbons (Fsp3) is 0.625. The van der Waals surface area contributed by atoms with E-state index in [9.17, 15) is 0 Å². The lowest BCUT2D eigenvalue weighted by atomic mass is 10.0. The molecule has 0 spiro atoms. The highest BCUT2D eigenvalue weighted by Crippen LogP contribution is 2.32. The van der Waals surface area contributed by atoms with Crippen molar-refractivity contribution in [2.24, 2.45) is 11.7 Å². The Kier molecular flexibility index (Phi) is 5.23. The monoisotopic (exact) mass is 371 g/mol. The van der Waals surface area contributed by atoms with E-state index in [-0.39, 0.29) is 6.04 Å². The number of nitrogens with two attached hydrogens (primary N) is 1. The normalized spacial score (nSPS) is 22.4. The maximum atomic E-state index is 6.41. The van der Waals surface area contributed by atoms with Gasteiger partial charge in [0.05, 0.1) is 0 Å². The summed E-state index contributed by atoms with van der Waals surface area (Å²) < 4.78 is 1.02. The van der Waals surface area contributed by atoms with Crippen molar-refractivity contribution in [3.63, 3.8) is 0 Å². The van der Waals surface area contributed by atoms with Gasteiger partial charge in [0.15, 0.2) is 0 Å². The molecular weight excluding hydrogens is 350 g/mol. The van der Waals surface area contributed by atoms with E-state index in [1.807, 2.05) is 12.1 Å². The fourth-order valence-electron chi connectivity index (χ4n) is 3.17. The third-order valence-electron chi connectivity index (χ3n) is 4.61. The van der Waals surface area contributed by atoms with Crippen LogP contribution in [0.1, 0.15) is 24.4 Å². The van der Waals surface area contributed by atoms with Crippen molar-refractivity contribution in [1.29, 1.82) is 0 Å². The van der Waals surface area contributed by atoms with E-state index in [0.717, 1.165) is 47.2 Å². The van der Waals surface area contributed by atoms with Gasteiger partial charge in [-0.05, 0) is 36.5 Å². The van der Waals surface area contributed by atoms with Crippen LogP contribution in [0, 0.1) is 5.92 Å². The van der Waals surface area contributed by atoms with Gasteiger partial charge in [0.25, 0.3) is 0 Å². The highest BCUT2D eigenvalue weighted by Gasteiger charge is 2.29. The number of benzene rings is 1. The molecule has 1 aliphatic heterocycles. The van der Waals surface area contributed by atoms with Gasteiger partial charge in [0.2, 0.25) is 0 Å². The fourth-order valence-corrected chi connectivity index (χ4v) is 3.97. The van der Waals surface area contributed by atoms with Crippen LogP contribution in [0.2, 0.25) is 5.02 Å². The molecule has 1 aliphatic carbocycles. The molecular formula is C16H23BrClN3.